The van der Waals surface area contributed by atoms with E-state index in [9.17, 15) is 0 Å². The van der Waals surface area contributed by atoms with Gasteiger partial charge in [-0.3, -0.25) is 0 Å². The van der Waals surface area contributed by atoms with Crippen LogP contribution in [0.1, 0.15) is 48.0 Å². The molecule has 0 saturated heterocycles. The van der Waals surface area contributed by atoms with Crippen molar-refractivity contribution in [3.8, 4) is 0 Å². The molecule has 0 rings (SSSR count). The van der Waals surface area contributed by atoms with Gasteiger partial charge in [0, 0.05) is 33.9 Å². The fraction of sp³-hybridized carbons (Fsp3) is 1.00. The molecule has 142 valence electrons. The van der Waals surface area contributed by atoms with Crippen LogP contribution in [0.5, 0.6) is 0 Å². The van der Waals surface area contributed by atoms with E-state index in [1.165, 1.54) is 13.5 Å². The number of ether oxygens (including phenoxy) is 3. The molecular formula is C16H42O6. The molecule has 6 nitrogen and oxygen atoms in total. The summed E-state index contributed by atoms with van der Waals surface area (Å²) < 4.78 is 13.6. The highest BCUT2D eigenvalue weighted by Gasteiger charge is 1.97. The minimum Gasteiger partial charge on any atom is -0.396 e. The summed E-state index contributed by atoms with van der Waals surface area (Å²) in [5.41, 5.74) is 0. The predicted octanol–water partition coefficient (Wildman–Crippen LogP) is 2.30. The Morgan fingerprint density at radius 2 is 1.27 bits per heavy atom. The van der Waals surface area contributed by atoms with Crippen molar-refractivity contribution in [1.82, 2.24) is 0 Å². The maximum Gasteiger partial charge on any atom is 0.143 e. The molecule has 3 N–H and O–H groups in total. The van der Waals surface area contributed by atoms with Gasteiger partial charge >= 0.3 is 0 Å². The van der Waals surface area contributed by atoms with Crippen LogP contribution in [0.2, 0.25) is 0 Å². The topological polar surface area (TPSA) is 88.4 Å². The average Bonchev–Trinajstić information content (AvgIpc) is 2.51. The first kappa shape index (κ1) is 33.4. The Labute approximate surface area is 138 Å². The maximum atomic E-state index is 8.40. The number of aliphatic hydroxyl groups is 3. The Morgan fingerprint density at radius 1 is 0.864 bits per heavy atom. The lowest BCUT2D eigenvalue weighted by molar-refractivity contribution is 0.0325. The van der Waals surface area contributed by atoms with Crippen LogP contribution in [-0.2, 0) is 14.2 Å². The second-order valence-electron chi connectivity index (χ2n) is 4.32. The van der Waals surface area contributed by atoms with Crippen LogP contribution in [0.25, 0.3) is 0 Å². The highest BCUT2D eigenvalue weighted by atomic mass is 16.6. The third-order valence-electron chi connectivity index (χ3n) is 1.88. The summed E-state index contributed by atoms with van der Waals surface area (Å²) in [6.07, 6.45) is 2.17. The SMILES string of the molecule is C.CCC.CCC(CO)OC.COCC(C)CO.COCO. The lowest BCUT2D eigenvalue weighted by Crippen LogP contribution is -2.13. The number of hydrogen-bond donors (Lipinski definition) is 3. The molecule has 2 unspecified atom stereocenters. The Morgan fingerprint density at radius 3 is 1.32 bits per heavy atom. The van der Waals surface area contributed by atoms with Gasteiger partial charge in [-0.15, -0.1) is 0 Å². The van der Waals surface area contributed by atoms with E-state index in [1.807, 2.05) is 13.8 Å². The smallest absolute Gasteiger partial charge is 0.143 e. The molecule has 0 fully saturated rings. The number of hydrogen-bond acceptors (Lipinski definition) is 6. The van der Waals surface area contributed by atoms with Gasteiger partial charge in [0.1, 0.15) is 6.79 Å². The van der Waals surface area contributed by atoms with Crippen molar-refractivity contribution in [2.75, 3.05) is 47.9 Å². The lowest BCUT2D eigenvalue weighted by atomic mass is 10.2. The first-order valence-corrected chi connectivity index (χ1v) is 7.32. The second-order valence-corrected chi connectivity index (χ2v) is 4.32. The van der Waals surface area contributed by atoms with Gasteiger partial charge in [-0.25, -0.2) is 0 Å². The number of aliphatic hydroxyl groups excluding tert-OH is 3. The summed E-state index contributed by atoms with van der Waals surface area (Å²) in [4.78, 5) is 0. The molecule has 0 spiro atoms. The van der Waals surface area contributed by atoms with Gasteiger partial charge in [0.2, 0.25) is 0 Å². The number of rotatable bonds is 7. The summed E-state index contributed by atoms with van der Waals surface area (Å²) >= 11 is 0. The Kier molecular flexibility index (Phi) is 56.5. The van der Waals surface area contributed by atoms with Crippen LogP contribution in [0.3, 0.4) is 0 Å². The molecule has 0 aliphatic heterocycles. The van der Waals surface area contributed by atoms with Crippen molar-refractivity contribution in [2.45, 2.75) is 54.1 Å². The Hall–Kier alpha value is -0.240. The van der Waals surface area contributed by atoms with Gasteiger partial charge in [0.15, 0.2) is 0 Å². The Bertz CT molecular complexity index is 124. The van der Waals surface area contributed by atoms with Gasteiger partial charge in [-0.2, -0.15) is 0 Å². The van der Waals surface area contributed by atoms with Crippen LogP contribution in [0, 0.1) is 5.92 Å². The standard InChI is InChI=1S/2C5H12O2.C3H8.C2H6O2.CH4/c1-5(3-6)4-7-2;1-3-5(4-6)7-2;1-3-2;1-4-2-3;/h2*5-6H,3-4H2,1-2H3;3H2,1-2H3;3H,2H2,1H3;1H4. The van der Waals surface area contributed by atoms with Crippen molar-refractivity contribution in [3.63, 3.8) is 0 Å². The molecule has 0 bridgehead atoms. The van der Waals surface area contributed by atoms with Gasteiger partial charge in [0.05, 0.1) is 19.3 Å². The van der Waals surface area contributed by atoms with Crippen molar-refractivity contribution in [1.29, 1.82) is 0 Å². The van der Waals surface area contributed by atoms with E-state index in [0.717, 1.165) is 6.42 Å². The highest BCUT2D eigenvalue weighted by molar-refractivity contribution is 4.47. The van der Waals surface area contributed by atoms with Gasteiger partial charge in [0.25, 0.3) is 0 Å². The van der Waals surface area contributed by atoms with Gasteiger partial charge in [-0.05, 0) is 6.42 Å². The molecule has 0 aliphatic carbocycles. The van der Waals surface area contributed by atoms with E-state index < -0.39 is 0 Å². The first-order chi connectivity index (χ1) is 9.98. The quantitative estimate of drug-likeness (QED) is 0.621. The molecule has 0 aromatic carbocycles. The molecule has 0 aromatic rings. The van der Waals surface area contributed by atoms with Crippen LogP contribution in [-0.4, -0.2) is 69.4 Å². The minimum atomic E-state index is -0.181. The summed E-state index contributed by atoms with van der Waals surface area (Å²) in [6.45, 7) is 8.98. The normalized spacial score (nSPS) is 11.2. The molecule has 0 aliphatic rings. The summed E-state index contributed by atoms with van der Waals surface area (Å²) in [5, 5.41) is 24.4. The van der Waals surface area contributed by atoms with E-state index >= 15 is 0 Å². The third kappa shape index (κ3) is 50.3. The molecule has 6 heteroatoms. The zero-order valence-corrected chi connectivity index (χ0v) is 15.0. The fourth-order valence-electron chi connectivity index (χ4n) is 0.708. The van der Waals surface area contributed by atoms with E-state index in [-0.39, 0.29) is 39.5 Å². The predicted molar refractivity (Wildman–Crippen MR) is 93.1 cm³/mol. The fourth-order valence-corrected chi connectivity index (χ4v) is 0.708. The van der Waals surface area contributed by atoms with E-state index in [2.05, 4.69) is 18.6 Å². The van der Waals surface area contributed by atoms with Crippen molar-refractivity contribution in [2.24, 2.45) is 5.92 Å². The Balaban J connectivity index is -0.0000000607. The molecule has 0 amide bonds. The van der Waals surface area contributed by atoms with E-state index in [1.54, 1.807) is 14.2 Å². The molecule has 0 heterocycles. The number of methoxy groups -OCH3 is 3. The van der Waals surface area contributed by atoms with Crippen LogP contribution < -0.4 is 0 Å². The summed E-state index contributed by atoms with van der Waals surface area (Å²) in [7, 11) is 4.66. The molecule has 22 heavy (non-hydrogen) atoms. The average molecular weight is 331 g/mol. The summed E-state index contributed by atoms with van der Waals surface area (Å²) in [6, 6.07) is 0. The molecular weight excluding hydrogens is 288 g/mol. The van der Waals surface area contributed by atoms with Crippen LogP contribution in [0.4, 0.5) is 0 Å². The monoisotopic (exact) mass is 330 g/mol. The van der Waals surface area contributed by atoms with Crippen molar-refractivity contribution >= 4 is 0 Å². The minimum absolute atomic E-state index is 0. The largest absolute Gasteiger partial charge is 0.396 e. The third-order valence-corrected chi connectivity index (χ3v) is 1.88. The van der Waals surface area contributed by atoms with Crippen molar-refractivity contribution < 1.29 is 29.5 Å². The van der Waals surface area contributed by atoms with Crippen LogP contribution in [0.15, 0.2) is 0 Å². The van der Waals surface area contributed by atoms with Gasteiger partial charge in [-0.1, -0.05) is 41.5 Å². The lowest BCUT2D eigenvalue weighted by Gasteiger charge is -2.06. The highest BCUT2D eigenvalue weighted by Crippen LogP contribution is 1.91. The zero-order chi connectivity index (χ0) is 17.5. The zero-order valence-electron chi connectivity index (χ0n) is 15.0. The molecule has 0 radical (unpaired) electrons. The van der Waals surface area contributed by atoms with E-state index in [0.29, 0.717) is 6.61 Å². The molecule has 2 atom stereocenters. The molecule has 0 saturated carbocycles. The first-order valence-electron chi connectivity index (χ1n) is 7.32. The molecule has 0 aromatic heterocycles. The summed E-state index contributed by atoms with van der Waals surface area (Å²) in [5.74, 6) is 0.282. The van der Waals surface area contributed by atoms with Crippen molar-refractivity contribution in [3.05, 3.63) is 0 Å². The van der Waals surface area contributed by atoms with Crippen LogP contribution >= 0.6 is 0 Å². The van der Waals surface area contributed by atoms with Gasteiger partial charge < -0.3 is 29.5 Å². The van der Waals surface area contributed by atoms with E-state index in [4.69, 9.17) is 24.8 Å². The maximum absolute atomic E-state index is 8.40. The second kappa shape index (κ2) is 37.2.